The quantitative estimate of drug-likeness (QED) is 0.335. The van der Waals surface area contributed by atoms with Crippen LogP contribution in [-0.2, 0) is 24.2 Å². The molecule has 1 heterocycles. The van der Waals surface area contributed by atoms with Gasteiger partial charge in [-0.2, -0.15) is 0 Å². The third-order valence-corrected chi connectivity index (χ3v) is 6.31. The molecule has 1 amide bonds. The zero-order valence-electron chi connectivity index (χ0n) is 13.4. The van der Waals surface area contributed by atoms with Crippen molar-refractivity contribution in [3.63, 3.8) is 0 Å². The molecule has 1 unspecified atom stereocenters. The molecule has 9 heteroatoms. The molecular weight excluding hydrogens is 350 g/mol. The number of hydroxylamine groups is 1. The van der Waals surface area contributed by atoms with Gasteiger partial charge >= 0.3 is 5.97 Å². The summed E-state index contributed by atoms with van der Waals surface area (Å²) in [4.78, 5) is 23.5. The van der Waals surface area contributed by atoms with Crippen LogP contribution in [0.2, 0.25) is 0 Å². The number of hydrogen-bond acceptors (Lipinski definition) is 7. The average molecular weight is 367 g/mol. The first-order chi connectivity index (χ1) is 11.9. The first kappa shape index (κ1) is 18.8. The van der Waals surface area contributed by atoms with Crippen LogP contribution in [0.5, 0.6) is 5.75 Å². The minimum Gasteiger partial charge on any atom is -0.481 e. The van der Waals surface area contributed by atoms with Crippen LogP contribution in [0.25, 0.3) is 0 Å². The Hall–Kier alpha value is -2.57. The molecule has 0 spiro atoms. The van der Waals surface area contributed by atoms with E-state index in [0.29, 0.717) is 5.75 Å². The molecule has 25 heavy (non-hydrogen) atoms. The number of esters is 1. The van der Waals surface area contributed by atoms with Gasteiger partial charge < -0.3 is 9.47 Å². The van der Waals surface area contributed by atoms with E-state index in [1.165, 1.54) is 29.7 Å². The fourth-order valence-corrected chi connectivity index (χ4v) is 4.38. The van der Waals surface area contributed by atoms with E-state index in [1.54, 1.807) is 6.92 Å². The van der Waals surface area contributed by atoms with Crippen molar-refractivity contribution >= 4 is 21.7 Å². The van der Waals surface area contributed by atoms with Gasteiger partial charge in [-0.3, -0.25) is 14.8 Å². The first-order valence-electron chi connectivity index (χ1n) is 7.34. The van der Waals surface area contributed by atoms with Crippen molar-refractivity contribution in [3.8, 4) is 17.6 Å². The molecule has 134 valence electrons. The van der Waals surface area contributed by atoms with Gasteiger partial charge in [0.2, 0.25) is 0 Å². The number of carbonyl (C=O) groups is 2. The fourth-order valence-electron chi connectivity index (χ4n) is 2.48. The number of carbonyl (C=O) groups excluding carboxylic acids is 2. The van der Waals surface area contributed by atoms with Crippen LogP contribution >= 0.6 is 0 Å². The number of amides is 1. The van der Waals surface area contributed by atoms with Crippen LogP contribution in [0, 0.1) is 11.8 Å². The highest BCUT2D eigenvalue weighted by atomic mass is 32.2. The predicted octanol–water partition coefficient (Wildman–Crippen LogP) is 0.444. The maximum absolute atomic E-state index is 13.0. The highest BCUT2D eigenvalue weighted by Gasteiger charge is 2.55. The van der Waals surface area contributed by atoms with Gasteiger partial charge in [0.05, 0.1) is 17.9 Å². The highest BCUT2D eigenvalue weighted by Crippen LogP contribution is 2.36. The Morgan fingerprint density at radius 3 is 2.64 bits per heavy atom. The van der Waals surface area contributed by atoms with Crippen LogP contribution < -0.4 is 10.2 Å². The molecule has 1 aliphatic heterocycles. The third kappa shape index (κ3) is 3.60. The molecule has 2 rings (SSSR count). The van der Waals surface area contributed by atoms with E-state index >= 15 is 0 Å². The van der Waals surface area contributed by atoms with Crippen molar-refractivity contribution in [2.75, 3.05) is 13.2 Å². The minimum absolute atomic E-state index is 0.158. The van der Waals surface area contributed by atoms with Gasteiger partial charge in [0.25, 0.3) is 5.91 Å². The molecule has 0 radical (unpaired) electrons. The lowest BCUT2D eigenvalue weighted by Crippen LogP contribution is -2.55. The van der Waals surface area contributed by atoms with Crippen LogP contribution in [0.3, 0.4) is 0 Å². The molecule has 0 aromatic heterocycles. The summed E-state index contributed by atoms with van der Waals surface area (Å²) < 4.78 is 33.9. The van der Waals surface area contributed by atoms with E-state index in [2.05, 4.69) is 11.8 Å². The van der Waals surface area contributed by atoms with Gasteiger partial charge in [0.1, 0.15) is 12.4 Å². The number of cyclic esters (lactones) is 1. The van der Waals surface area contributed by atoms with Gasteiger partial charge in [-0.1, -0.05) is 5.92 Å². The topological polar surface area (TPSA) is 119 Å². The normalized spacial score (nSPS) is 20.0. The van der Waals surface area contributed by atoms with Gasteiger partial charge in [-0.25, -0.2) is 13.9 Å². The molecule has 1 aromatic carbocycles. The van der Waals surface area contributed by atoms with Gasteiger partial charge in [-0.05, 0) is 31.2 Å². The van der Waals surface area contributed by atoms with Crippen molar-refractivity contribution < 1.29 is 32.7 Å². The summed E-state index contributed by atoms with van der Waals surface area (Å²) in [7, 11) is -4.27. The number of hydrogen-bond donors (Lipinski definition) is 2. The third-order valence-electron chi connectivity index (χ3n) is 3.85. The van der Waals surface area contributed by atoms with E-state index in [-0.39, 0.29) is 24.5 Å². The zero-order chi connectivity index (χ0) is 18.5. The van der Waals surface area contributed by atoms with E-state index in [4.69, 9.17) is 14.7 Å². The largest absolute Gasteiger partial charge is 0.481 e. The van der Waals surface area contributed by atoms with E-state index in [1.807, 2.05) is 0 Å². The molecular formula is C16H17NO7S. The average Bonchev–Trinajstić information content (AvgIpc) is 2.61. The lowest BCUT2D eigenvalue weighted by atomic mass is 9.98. The molecule has 0 bridgehead atoms. The SMILES string of the molecule is CC#CCOc1ccc(S(=O)(=O)C2(C(=O)NO)CCOC(=O)C2)cc1. The van der Waals surface area contributed by atoms with Gasteiger partial charge in [0, 0.05) is 6.42 Å². The monoisotopic (exact) mass is 367 g/mol. The summed E-state index contributed by atoms with van der Waals surface area (Å²) in [6.07, 6.45) is -0.927. The number of nitrogens with one attached hydrogen (secondary N) is 1. The van der Waals surface area contributed by atoms with Crippen molar-refractivity contribution in [1.29, 1.82) is 0 Å². The number of benzene rings is 1. The number of sulfone groups is 1. The van der Waals surface area contributed by atoms with Crippen molar-refractivity contribution in [1.82, 2.24) is 5.48 Å². The lowest BCUT2D eigenvalue weighted by Gasteiger charge is -2.33. The molecule has 2 N–H and O–H groups in total. The minimum atomic E-state index is -4.27. The second-order valence-electron chi connectivity index (χ2n) is 5.27. The molecule has 1 aliphatic rings. The Morgan fingerprint density at radius 2 is 2.08 bits per heavy atom. The van der Waals surface area contributed by atoms with Crippen molar-refractivity contribution in [2.45, 2.75) is 29.4 Å². The molecule has 1 saturated heterocycles. The van der Waals surface area contributed by atoms with E-state index in [9.17, 15) is 18.0 Å². The first-order valence-corrected chi connectivity index (χ1v) is 8.83. The second kappa shape index (κ2) is 7.55. The Labute approximate surface area is 145 Å². The molecule has 0 saturated carbocycles. The summed E-state index contributed by atoms with van der Waals surface area (Å²) in [5, 5.41) is 8.96. The molecule has 1 aromatic rings. The molecule has 0 aliphatic carbocycles. The van der Waals surface area contributed by atoms with Crippen LogP contribution in [-0.4, -0.2) is 43.5 Å². The Bertz CT molecular complexity index is 820. The molecule has 1 atom stereocenters. The summed E-state index contributed by atoms with van der Waals surface area (Å²) in [5.74, 6) is 3.79. The summed E-state index contributed by atoms with van der Waals surface area (Å²) in [6.45, 7) is 1.59. The van der Waals surface area contributed by atoms with Crippen LogP contribution in [0.1, 0.15) is 19.8 Å². The number of rotatable bonds is 5. The predicted molar refractivity (Wildman–Crippen MR) is 85.4 cm³/mol. The van der Waals surface area contributed by atoms with Gasteiger partial charge in [-0.15, -0.1) is 5.92 Å². The van der Waals surface area contributed by atoms with E-state index < -0.39 is 32.9 Å². The Morgan fingerprint density at radius 1 is 1.40 bits per heavy atom. The Balaban J connectivity index is 2.38. The Kier molecular flexibility index (Phi) is 5.66. The zero-order valence-corrected chi connectivity index (χ0v) is 14.3. The van der Waals surface area contributed by atoms with Crippen LogP contribution in [0.4, 0.5) is 0 Å². The standard InChI is InChI=1S/C16H17NO7S/c1-2-3-9-23-12-4-6-13(7-5-12)25(21,22)16(15(19)17-20)8-10-24-14(18)11-16/h4-7,20H,8-11H2,1H3,(H,17,19). The summed E-state index contributed by atoms with van der Waals surface area (Å²) in [6, 6.07) is 5.40. The lowest BCUT2D eigenvalue weighted by molar-refractivity contribution is -0.152. The maximum atomic E-state index is 13.0. The summed E-state index contributed by atoms with van der Waals surface area (Å²) >= 11 is 0. The van der Waals surface area contributed by atoms with Crippen molar-refractivity contribution in [3.05, 3.63) is 24.3 Å². The van der Waals surface area contributed by atoms with Crippen LogP contribution in [0.15, 0.2) is 29.2 Å². The summed E-state index contributed by atoms with van der Waals surface area (Å²) in [5.41, 5.74) is 1.35. The molecule has 1 fully saturated rings. The molecule has 8 nitrogen and oxygen atoms in total. The maximum Gasteiger partial charge on any atom is 0.307 e. The second-order valence-corrected chi connectivity index (χ2v) is 7.53. The smallest absolute Gasteiger partial charge is 0.307 e. The van der Waals surface area contributed by atoms with Crippen molar-refractivity contribution in [2.24, 2.45) is 0 Å². The van der Waals surface area contributed by atoms with Gasteiger partial charge in [0.15, 0.2) is 14.6 Å². The highest BCUT2D eigenvalue weighted by molar-refractivity contribution is 7.93. The number of ether oxygens (including phenoxy) is 2. The fraction of sp³-hybridized carbons (Fsp3) is 0.375. The van der Waals surface area contributed by atoms with E-state index in [0.717, 1.165) is 0 Å².